The largest absolute Gasteiger partial charge is 0.394 e. The summed E-state index contributed by atoms with van der Waals surface area (Å²) in [6.07, 6.45) is -4.50. The van der Waals surface area contributed by atoms with E-state index in [1.807, 2.05) is 60.7 Å². The number of hydrogen-bond acceptors (Lipinski definition) is 13. The first kappa shape index (κ1) is 29.8. The van der Waals surface area contributed by atoms with Gasteiger partial charge in [-0.05, 0) is 0 Å². The maximum absolute atomic E-state index is 11.4. The molecular weight excluding hydrogens is 580 g/mol. The Labute approximate surface area is 250 Å². The van der Waals surface area contributed by atoms with Crippen molar-refractivity contribution < 1.29 is 40.1 Å². The molecule has 0 radical (unpaired) electrons. The van der Waals surface area contributed by atoms with Crippen LogP contribution in [0, 0.1) is 0 Å². The molecule has 6 N–H and O–H groups in total. The number of nitrogens with zero attached hydrogens (tertiary/aromatic N) is 6. The maximum atomic E-state index is 11.4. The van der Waals surface area contributed by atoms with Crippen LogP contribution in [0.3, 0.4) is 0 Å². The Hall–Kier alpha value is -3.25. The predicted octanol–water partition coefficient (Wildman–Crippen LogP) is -0.403. The number of hydrogen-bond donors (Lipinski definition) is 6. The number of ether oxygens (including phenoxy) is 2. The molecule has 4 aromatic rings. The lowest BCUT2D eigenvalue weighted by Crippen LogP contribution is -2.58. The summed E-state index contributed by atoms with van der Waals surface area (Å²) in [6.45, 7) is -1.12. The van der Waals surface area contributed by atoms with Gasteiger partial charge >= 0.3 is 0 Å². The van der Waals surface area contributed by atoms with Gasteiger partial charge in [0.1, 0.15) is 71.0 Å². The minimum atomic E-state index is -1.39. The molecular formula is C28H32N6O8S. The molecule has 2 aromatic heterocycles. The summed E-state index contributed by atoms with van der Waals surface area (Å²) >= 11 is 0.891. The van der Waals surface area contributed by atoms with Crippen LogP contribution < -0.4 is 0 Å². The fourth-order valence-corrected chi connectivity index (χ4v) is 6.77. The zero-order valence-corrected chi connectivity index (χ0v) is 23.5. The van der Waals surface area contributed by atoms with Crippen molar-refractivity contribution in [1.29, 1.82) is 0 Å². The molecule has 2 saturated heterocycles. The molecule has 14 nitrogen and oxygen atoms in total. The van der Waals surface area contributed by atoms with E-state index < -0.39 is 72.8 Å². The Morgan fingerprint density at radius 1 is 0.605 bits per heavy atom. The third-order valence-corrected chi connectivity index (χ3v) is 9.05. The quantitative estimate of drug-likeness (QED) is 0.150. The van der Waals surface area contributed by atoms with Gasteiger partial charge in [0.25, 0.3) is 0 Å². The van der Waals surface area contributed by atoms with Crippen LogP contribution in [0.2, 0.25) is 0 Å². The molecule has 6 rings (SSSR count). The third-order valence-electron chi connectivity index (χ3n) is 7.74. The van der Waals surface area contributed by atoms with Crippen molar-refractivity contribution in [2.24, 2.45) is 0 Å². The highest BCUT2D eigenvalue weighted by Crippen LogP contribution is 2.42. The molecule has 0 bridgehead atoms. The van der Waals surface area contributed by atoms with Crippen molar-refractivity contribution in [2.75, 3.05) is 13.2 Å². The third kappa shape index (κ3) is 5.83. The summed E-state index contributed by atoms with van der Waals surface area (Å²) in [4.78, 5) is 0. The fourth-order valence-electron chi connectivity index (χ4n) is 5.45. The number of aromatic nitrogens is 6. The topological polar surface area (TPSA) is 201 Å². The number of rotatable bonds is 8. The van der Waals surface area contributed by atoms with E-state index in [1.165, 1.54) is 9.36 Å². The maximum Gasteiger partial charge on any atom is 0.134 e. The van der Waals surface area contributed by atoms with Gasteiger partial charge in [0.05, 0.1) is 25.6 Å². The monoisotopic (exact) mass is 612 g/mol. The van der Waals surface area contributed by atoms with Gasteiger partial charge in [-0.25, -0.2) is 9.36 Å². The van der Waals surface area contributed by atoms with Gasteiger partial charge in [-0.2, -0.15) is 0 Å². The van der Waals surface area contributed by atoms with E-state index in [-0.39, 0.29) is 0 Å². The van der Waals surface area contributed by atoms with Crippen molar-refractivity contribution >= 4 is 11.8 Å². The minimum absolute atomic E-state index is 0.521. The highest BCUT2D eigenvalue weighted by molar-refractivity contribution is 8.00. The van der Waals surface area contributed by atoms with Crippen LogP contribution in [0.15, 0.2) is 73.1 Å². The van der Waals surface area contributed by atoms with Crippen molar-refractivity contribution in [3.8, 4) is 22.5 Å². The van der Waals surface area contributed by atoms with E-state index in [0.29, 0.717) is 11.4 Å². The van der Waals surface area contributed by atoms with E-state index in [2.05, 4.69) is 20.6 Å². The second-order valence-corrected chi connectivity index (χ2v) is 11.6. The van der Waals surface area contributed by atoms with Crippen molar-refractivity contribution in [3.63, 3.8) is 0 Å². The summed E-state index contributed by atoms with van der Waals surface area (Å²) in [6, 6.07) is 16.4. The zero-order valence-electron chi connectivity index (χ0n) is 22.7. The van der Waals surface area contributed by atoms with Crippen molar-refractivity contribution in [2.45, 2.75) is 59.6 Å². The molecule has 0 amide bonds. The Morgan fingerprint density at radius 3 is 1.37 bits per heavy atom. The molecule has 0 spiro atoms. The lowest BCUT2D eigenvalue weighted by atomic mass is 9.97. The van der Waals surface area contributed by atoms with Crippen LogP contribution in [0.1, 0.15) is 12.1 Å². The average Bonchev–Trinajstić information content (AvgIpc) is 3.72. The van der Waals surface area contributed by atoms with Gasteiger partial charge < -0.3 is 40.1 Å². The number of aliphatic hydroxyl groups is 6. The van der Waals surface area contributed by atoms with Gasteiger partial charge in [-0.1, -0.05) is 82.9 Å². The smallest absolute Gasteiger partial charge is 0.134 e. The molecule has 228 valence electrons. The molecule has 0 unspecified atom stereocenters. The van der Waals surface area contributed by atoms with Gasteiger partial charge in [0.2, 0.25) is 0 Å². The van der Waals surface area contributed by atoms with E-state index in [1.54, 1.807) is 12.4 Å². The Kier molecular flexibility index (Phi) is 8.85. The van der Waals surface area contributed by atoms with Crippen molar-refractivity contribution in [3.05, 3.63) is 73.1 Å². The average molecular weight is 613 g/mol. The first-order valence-corrected chi connectivity index (χ1v) is 14.7. The van der Waals surface area contributed by atoms with E-state index in [0.717, 1.165) is 22.9 Å². The van der Waals surface area contributed by atoms with Gasteiger partial charge in [0.15, 0.2) is 0 Å². The second-order valence-electron chi connectivity index (χ2n) is 10.4. The molecule has 0 saturated carbocycles. The zero-order chi connectivity index (χ0) is 30.1. The van der Waals surface area contributed by atoms with Crippen LogP contribution >= 0.6 is 11.8 Å². The Bertz CT molecular complexity index is 1370. The molecule has 0 aliphatic carbocycles. The van der Waals surface area contributed by atoms with Crippen LogP contribution in [-0.2, 0) is 9.47 Å². The van der Waals surface area contributed by atoms with E-state index >= 15 is 0 Å². The van der Waals surface area contributed by atoms with Crippen LogP contribution in [-0.4, -0.2) is 121 Å². The summed E-state index contributed by atoms with van der Waals surface area (Å²) in [5, 5.41) is 81.4. The SMILES string of the molecule is OC[C@H]1O[C@@H](S[C@@H]2O[C@H](CO)[C@H](O)[C@H](n3cc(-c4ccccc4)nn3)[C@H]2O)[C@H](O)[C@@H](n2cc(-c3ccccc3)nn2)[C@H]1O. The summed E-state index contributed by atoms with van der Waals surface area (Å²) in [5.41, 5.74) is 0.369. The molecule has 2 aromatic carbocycles. The number of thioether (sulfide) groups is 1. The molecule has 2 fully saturated rings. The van der Waals surface area contributed by atoms with E-state index in [9.17, 15) is 30.6 Å². The normalized spacial score (nSPS) is 33.0. The molecule has 2 aliphatic heterocycles. The highest BCUT2D eigenvalue weighted by atomic mass is 32.2. The lowest BCUT2D eigenvalue weighted by molar-refractivity contribution is -0.189. The lowest BCUT2D eigenvalue weighted by Gasteiger charge is -2.46. The van der Waals surface area contributed by atoms with Gasteiger partial charge in [0, 0.05) is 11.1 Å². The van der Waals surface area contributed by atoms with E-state index in [4.69, 9.17) is 9.47 Å². The van der Waals surface area contributed by atoms with Crippen LogP contribution in [0.5, 0.6) is 0 Å². The van der Waals surface area contributed by atoms with Crippen LogP contribution in [0.4, 0.5) is 0 Å². The molecule has 2 aliphatic rings. The summed E-state index contributed by atoms with van der Waals surface area (Å²) in [7, 11) is 0. The highest BCUT2D eigenvalue weighted by Gasteiger charge is 2.51. The Morgan fingerprint density at radius 2 is 1.00 bits per heavy atom. The number of benzene rings is 2. The second kappa shape index (κ2) is 12.8. The predicted molar refractivity (Wildman–Crippen MR) is 152 cm³/mol. The first-order chi connectivity index (χ1) is 20.9. The van der Waals surface area contributed by atoms with Gasteiger partial charge in [-0.15, -0.1) is 10.2 Å². The number of aliphatic hydroxyl groups excluding tert-OH is 6. The summed E-state index contributed by atoms with van der Waals surface area (Å²) in [5.74, 6) is 0. The van der Waals surface area contributed by atoms with Crippen LogP contribution in [0.25, 0.3) is 22.5 Å². The molecule has 43 heavy (non-hydrogen) atoms. The molecule has 10 atom stereocenters. The van der Waals surface area contributed by atoms with Gasteiger partial charge in [-0.3, -0.25) is 0 Å². The van der Waals surface area contributed by atoms with Crippen molar-refractivity contribution in [1.82, 2.24) is 30.0 Å². The molecule has 4 heterocycles. The summed E-state index contributed by atoms with van der Waals surface area (Å²) < 4.78 is 14.4. The molecule has 15 heteroatoms. The fraction of sp³-hybridized carbons (Fsp3) is 0.429. The minimum Gasteiger partial charge on any atom is -0.394 e. The standard InChI is InChI=1S/C28H32N6O8S/c35-13-19-23(37)21(33-11-17(29-31-33)15-7-3-1-4-8-15)25(39)27(41-19)43-28-26(40)22(24(38)20(14-36)42-28)34-12-18(30-32-34)16-9-5-2-6-10-16/h1-12,19-28,35-40H,13-14H2/t19-,20-,21+,22+,23+,24+,25-,26-,27+,28+/m1/s1. The Balaban J connectivity index is 1.25. The first-order valence-electron chi connectivity index (χ1n) is 13.7.